The number of aryl methyl sites for hydroxylation is 2. The van der Waals surface area contributed by atoms with Crippen molar-refractivity contribution in [2.24, 2.45) is 5.73 Å². The summed E-state index contributed by atoms with van der Waals surface area (Å²) in [5, 5.41) is 0.242. The number of benzene rings is 2. The van der Waals surface area contributed by atoms with Gasteiger partial charge in [-0.3, -0.25) is 0 Å². The number of hydrogen-bond acceptors (Lipinski definition) is 2. The van der Waals surface area contributed by atoms with Crippen molar-refractivity contribution in [1.82, 2.24) is 0 Å². The van der Waals surface area contributed by atoms with Crippen LogP contribution in [0.15, 0.2) is 51.8 Å². The van der Waals surface area contributed by atoms with Gasteiger partial charge >= 0.3 is 0 Å². The van der Waals surface area contributed by atoms with E-state index in [0.29, 0.717) is 0 Å². The first kappa shape index (κ1) is 15.6. The lowest BCUT2D eigenvalue weighted by Crippen LogP contribution is -2.23. The van der Waals surface area contributed by atoms with Crippen molar-refractivity contribution >= 4 is 27.7 Å². The molecule has 20 heavy (non-hydrogen) atoms. The fraction of sp³-hybridized carbons (Fsp3) is 0.294. The fourth-order valence-corrected chi connectivity index (χ4v) is 4.14. The Bertz CT molecular complexity index is 595. The first-order chi connectivity index (χ1) is 9.49. The largest absolute Gasteiger partial charge is 0.327 e. The van der Waals surface area contributed by atoms with Crippen molar-refractivity contribution in [2.75, 3.05) is 0 Å². The van der Waals surface area contributed by atoms with Crippen molar-refractivity contribution in [3.63, 3.8) is 0 Å². The molecule has 2 atom stereocenters. The lowest BCUT2D eigenvalue weighted by Gasteiger charge is -2.23. The van der Waals surface area contributed by atoms with Gasteiger partial charge in [-0.2, -0.15) is 0 Å². The van der Waals surface area contributed by atoms with Crippen LogP contribution in [0.4, 0.5) is 0 Å². The van der Waals surface area contributed by atoms with Crippen molar-refractivity contribution in [1.29, 1.82) is 0 Å². The molecular weight excluding hydrogens is 330 g/mol. The zero-order chi connectivity index (χ0) is 14.7. The van der Waals surface area contributed by atoms with E-state index in [1.807, 2.05) is 17.8 Å². The second-order valence-corrected chi connectivity index (χ2v) is 7.23. The van der Waals surface area contributed by atoms with E-state index < -0.39 is 0 Å². The third-order valence-electron chi connectivity index (χ3n) is 3.29. The van der Waals surface area contributed by atoms with Gasteiger partial charge < -0.3 is 5.73 Å². The molecule has 0 fully saturated rings. The number of rotatable bonds is 4. The van der Waals surface area contributed by atoms with Gasteiger partial charge in [0.05, 0.1) is 5.25 Å². The molecule has 0 aliphatic heterocycles. The minimum Gasteiger partial charge on any atom is -0.327 e. The van der Waals surface area contributed by atoms with Gasteiger partial charge in [0.15, 0.2) is 0 Å². The summed E-state index contributed by atoms with van der Waals surface area (Å²) in [4.78, 5) is 1.31. The standard InChI is InChI=1S/C17H20BrNS/c1-11-8-9-12(2)16(10-11)20-17(13(3)19)14-6-4-5-7-15(14)18/h4-10,13,17H,19H2,1-3H3. The molecule has 0 bridgehead atoms. The summed E-state index contributed by atoms with van der Waals surface area (Å²) < 4.78 is 1.13. The van der Waals surface area contributed by atoms with Gasteiger partial charge in [-0.1, -0.05) is 51.8 Å². The van der Waals surface area contributed by atoms with Crippen molar-refractivity contribution in [3.8, 4) is 0 Å². The highest BCUT2D eigenvalue weighted by molar-refractivity contribution is 9.10. The first-order valence-corrected chi connectivity index (χ1v) is 8.40. The van der Waals surface area contributed by atoms with Crippen molar-refractivity contribution < 1.29 is 0 Å². The van der Waals surface area contributed by atoms with Crippen LogP contribution in [0.3, 0.4) is 0 Å². The van der Waals surface area contributed by atoms with E-state index in [1.165, 1.54) is 21.6 Å². The Kier molecular flexibility index (Phi) is 5.30. The molecule has 0 spiro atoms. The Balaban J connectivity index is 2.36. The van der Waals surface area contributed by atoms with Crippen LogP contribution < -0.4 is 5.73 Å². The maximum Gasteiger partial charge on any atom is 0.0504 e. The minimum absolute atomic E-state index is 0.0820. The van der Waals surface area contributed by atoms with Gasteiger partial charge in [-0.25, -0.2) is 0 Å². The highest BCUT2D eigenvalue weighted by Crippen LogP contribution is 2.41. The quantitative estimate of drug-likeness (QED) is 0.763. The van der Waals surface area contributed by atoms with Gasteiger partial charge in [-0.15, -0.1) is 11.8 Å². The van der Waals surface area contributed by atoms with E-state index in [0.717, 1.165) is 4.47 Å². The zero-order valence-electron chi connectivity index (χ0n) is 12.1. The molecule has 0 aliphatic carbocycles. The van der Waals surface area contributed by atoms with Crippen LogP contribution in [0, 0.1) is 13.8 Å². The third kappa shape index (κ3) is 3.66. The molecule has 0 amide bonds. The van der Waals surface area contributed by atoms with Crippen LogP contribution in [0.2, 0.25) is 0 Å². The highest BCUT2D eigenvalue weighted by Gasteiger charge is 2.20. The molecule has 2 N–H and O–H groups in total. The molecule has 2 rings (SSSR count). The normalized spacial score (nSPS) is 14.1. The molecule has 1 nitrogen and oxygen atoms in total. The maximum absolute atomic E-state index is 6.23. The van der Waals surface area contributed by atoms with Crippen LogP contribution in [-0.4, -0.2) is 6.04 Å². The Morgan fingerprint density at radius 1 is 1.10 bits per heavy atom. The topological polar surface area (TPSA) is 26.0 Å². The van der Waals surface area contributed by atoms with E-state index in [1.54, 1.807) is 0 Å². The van der Waals surface area contributed by atoms with E-state index in [2.05, 4.69) is 73.1 Å². The SMILES string of the molecule is Cc1ccc(C)c(SC(c2ccccc2Br)C(C)N)c1. The summed E-state index contributed by atoms with van der Waals surface area (Å²) in [6, 6.07) is 15.0. The Morgan fingerprint density at radius 3 is 2.45 bits per heavy atom. The number of nitrogens with two attached hydrogens (primary N) is 1. The van der Waals surface area contributed by atoms with E-state index >= 15 is 0 Å². The Morgan fingerprint density at radius 2 is 1.80 bits per heavy atom. The van der Waals surface area contributed by atoms with Crippen LogP contribution in [0.5, 0.6) is 0 Å². The van der Waals surface area contributed by atoms with Crippen LogP contribution in [0.1, 0.15) is 28.9 Å². The summed E-state index contributed by atoms with van der Waals surface area (Å²) in [6.45, 7) is 6.35. The number of thioether (sulfide) groups is 1. The lowest BCUT2D eigenvalue weighted by molar-refractivity contribution is 0.719. The molecule has 3 heteroatoms. The summed E-state index contributed by atoms with van der Waals surface area (Å²) in [5.41, 5.74) is 10.1. The average molecular weight is 350 g/mol. The second kappa shape index (κ2) is 6.79. The van der Waals surface area contributed by atoms with Gasteiger partial charge in [0.2, 0.25) is 0 Å². The van der Waals surface area contributed by atoms with Crippen LogP contribution >= 0.6 is 27.7 Å². The summed E-state index contributed by atoms with van der Waals surface area (Å²) in [7, 11) is 0. The minimum atomic E-state index is 0.0820. The number of halogens is 1. The molecule has 0 aliphatic rings. The van der Waals surface area contributed by atoms with E-state index in [4.69, 9.17) is 5.73 Å². The van der Waals surface area contributed by atoms with Gasteiger partial charge in [0, 0.05) is 15.4 Å². The molecule has 106 valence electrons. The number of hydrogen-bond donors (Lipinski definition) is 1. The van der Waals surface area contributed by atoms with Crippen molar-refractivity contribution in [3.05, 3.63) is 63.6 Å². The Labute approximate surface area is 134 Å². The third-order valence-corrected chi connectivity index (χ3v) is 5.64. The zero-order valence-corrected chi connectivity index (χ0v) is 14.5. The van der Waals surface area contributed by atoms with Crippen LogP contribution in [-0.2, 0) is 0 Å². The van der Waals surface area contributed by atoms with E-state index in [9.17, 15) is 0 Å². The van der Waals surface area contributed by atoms with Crippen LogP contribution in [0.25, 0.3) is 0 Å². The molecule has 2 unspecified atom stereocenters. The molecule has 0 saturated carbocycles. The van der Waals surface area contributed by atoms with E-state index in [-0.39, 0.29) is 11.3 Å². The van der Waals surface area contributed by atoms with Gasteiger partial charge in [-0.05, 0) is 44.0 Å². The molecule has 0 radical (unpaired) electrons. The summed E-state index contributed by atoms with van der Waals surface area (Å²) in [5.74, 6) is 0. The lowest BCUT2D eigenvalue weighted by atomic mass is 10.1. The Hall–Kier alpha value is -0.770. The predicted molar refractivity (Wildman–Crippen MR) is 92.3 cm³/mol. The maximum atomic E-state index is 6.23. The fourth-order valence-electron chi connectivity index (χ4n) is 2.13. The highest BCUT2D eigenvalue weighted by atomic mass is 79.9. The second-order valence-electron chi connectivity index (χ2n) is 5.19. The molecule has 2 aromatic rings. The summed E-state index contributed by atoms with van der Waals surface area (Å²) in [6.07, 6.45) is 0. The molecule has 0 heterocycles. The smallest absolute Gasteiger partial charge is 0.0504 e. The molecule has 0 saturated heterocycles. The average Bonchev–Trinajstić information content (AvgIpc) is 2.40. The van der Waals surface area contributed by atoms with Gasteiger partial charge in [0.1, 0.15) is 0 Å². The summed E-state index contributed by atoms with van der Waals surface area (Å²) >= 11 is 5.49. The molecular formula is C17H20BrNS. The van der Waals surface area contributed by atoms with Crippen molar-refractivity contribution in [2.45, 2.75) is 37.0 Å². The molecule has 2 aromatic carbocycles. The molecule has 0 aromatic heterocycles. The monoisotopic (exact) mass is 349 g/mol. The first-order valence-electron chi connectivity index (χ1n) is 6.73. The predicted octanol–water partition coefficient (Wildman–Crippen LogP) is 5.25. The van der Waals surface area contributed by atoms with Gasteiger partial charge in [0.25, 0.3) is 0 Å².